The van der Waals surface area contributed by atoms with E-state index < -0.39 is 0 Å². The highest BCUT2D eigenvalue weighted by Gasteiger charge is 2.40. The van der Waals surface area contributed by atoms with Gasteiger partial charge < -0.3 is 14.5 Å². The third-order valence-electron chi connectivity index (χ3n) is 3.60. The van der Waals surface area contributed by atoms with Crippen molar-refractivity contribution in [3.8, 4) is 5.75 Å². The number of fused-ring (bicyclic) bond motifs is 1. The fourth-order valence-electron chi connectivity index (χ4n) is 2.61. The number of nitrogens with one attached hydrogen (secondary N) is 1. The fraction of sp³-hybridized carbons (Fsp3) is 0.538. The molecule has 17 heavy (non-hydrogen) atoms. The molecule has 0 aliphatic carbocycles. The minimum atomic E-state index is -0.0877. The molecule has 0 amide bonds. The number of ether oxygens (including phenoxy) is 2. The number of para-hydroxylation sites is 2. The van der Waals surface area contributed by atoms with Gasteiger partial charge in [-0.05, 0) is 12.1 Å². The molecule has 0 unspecified atom stereocenters. The predicted octanol–water partition coefficient (Wildman–Crippen LogP) is 1.57. The van der Waals surface area contributed by atoms with E-state index in [4.69, 9.17) is 9.47 Å². The second-order valence-electron chi connectivity index (χ2n) is 4.67. The van der Waals surface area contributed by atoms with Gasteiger partial charge in [0.15, 0.2) is 0 Å². The summed E-state index contributed by atoms with van der Waals surface area (Å²) in [4.78, 5) is 0. The summed E-state index contributed by atoms with van der Waals surface area (Å²) in [5.41, 5.74) is 4.27. The van der Waals surface area contributed by atoms with E-state index in [-0.39, 0.29) is 5.60 Å². The average molecular weight is 234 g/mol. The zero-order chi connectivity index (χ0) is 11.7. The van der Waals surface area contributed by atoms with Crippen LogP contribution in [0.4, 0.5) is 5.69 Å². The molecule has 0 bridgehead atoms. The van der Waals surface area contributed by atoms with E-state index in [0.29, 0.717) is 0 Å². The standard InChI is InChI=1S/C13H18N2O2/c1-14-15-10-13(6-8-16-9-7-13)17-12-5-3-2-4-11(12)15/h2-5,14H,6-10H2,1H3. The Morgan fingerprint density at radius 2 is 2.00 bits per heavy atom. The maximum Gasteiger partial charge on any atom is 0.144 e. The molecule has 2 aliphatic rings. The molecule has 0 radical (unpaired) electrons. The topological polar surface area (TPSA) is 33.7 Å². The summed E-state index contributed by atoms with van der Waals surface area (Å²) in [6.07, 6.45) is 1.92. The summed E-state index contributed by atoms with van der Waals surface area (Å²) in [6, 6.07) is 8.17. The molecule has 92 valence electrons. The number of anilines is 1. The van der Waals surface area contributed by atoms with Crippen LogP contribution in [0.5, 0.6) is 5.75 Å². The first kappa shape index (κ1) is 10.9. The van der Waals surface area contributed by atoms with Gasteiger partial charge in [-0.3, -0.25) is 0 Å². The Kier molecular flexibility index (Phi) is 2.68. The molecule has 1 aromatic rings. The molecule has 0 atom stereocenters. The molecular weight excluding hydrogens is 216 g/mol. The van der Waals surface area contributed by atoms with Crippen LogP contribution in [-0.2, 0) is 4.74 Å². The van der Waals surface area contributed by atoms with Crippen molar-refractivity contribution in [1.29, 1.82) is 0 Å². The smallest absolute Gasteiger partial charge is 0.144 e. The van der Waals surface area contributed by atoms with Gasteiger partial charge in [0.1, 0.15) is 11.4 Å². The van der Waals surface area contributed by atoms with E-state index in [1.807, 2.05) is 25.2 Å². The van der Waals surface area contributed by atoms with E-state index in [0.717, 1.165) is 44.0 Å². The SMILES string of the molecule is CNN1CC2(CCOCC2)Oc2ccccc21. The van der Waals surface area contributed by atoms with E-state index in [1.54, 1.807) is 0 Å². The van der Waals surface area contributed by atoms with Gasteiger partial charge in [-0.25, -0.2) is 5.43 Å². The zero-order valence-corrected chi connectivity index (χ0v) is 10.1. The Bertz CT molecular complexity index is 402. The molecule has 1 aromatic carbocycles. The highest BCUT2D eigenvalue weighted by atomic mass is 16.5. The van der Waals surface area contributed by atoms with E-state index in [2.05, 4.69) is 16.5 Å². The first-order valence-electron chi connectivity index (χ1n) is 6.14. The number of nitrogens with zero attached hydrogens (tertiary/aromatic N) is 1. The van der Waals surface area contributed by atoms with Gasteiger partial charge in [-0.2, -0.15) is 0 Å². The van der Waals surface area contributed by atoms with Crippen molar-refractivity contribution in [2.75, 3.05) is 31.8 Å². The average Bonchev–Trinajstić information content (AvgIpc) is 2.38. The van der Waals surface area contributed by atoms with Gasteiger partial charge in [0.25, 0.3) is 0 Å². The van der Waals surface area contributed by atoms with Crippen molar-refractivity contribution in [2.45, 2.75) is 18.4 Å². The molecule has 2 aliphatic heterocycles. The van der Waals surface area contributed by atoms with Crippen molar-refractivity contribution in [3.05, 3.63) is 24.3 Å². The van der Waals surface area contributed by atoms with Gasteiger partial charge >= 0.3 is 0 Å². The molecule has 1 fully saturated rings. The van der Waals surface area contributed by atoms with Crippen molar-refractivity contribution in [2.24, 2.45) is 0 Å². The van der Waals surface area contributed by atoms with Crippen molar-refractivity contribution >= 4 is 5.69 Å². The molecular formula is C13H18N2O2. The lowest BCUT2D eigenvalue weighted by Crippen LogP contribution is -2.56. The van der Waals surface area contributed by atoms with Crippen LogP contribution >= 0.6 is 0 Å². The van der Waals surface area contributed by atoms with Crippen LogP contribution in [0, 0.1) is 0 Å². The summed E-state index contributed by atoms with van der Waals surface area (Å²) in [6.45, 7) is 2.46. The molecule has 1 saturated heterocycles. The highest BCUT2D eigenvalue weighted by Crippen LogP contribution is 2.39. The molecule has 4 heteroatoms. The first-order valence-corrected chi connectivity index (χ1v) is 6.14. The van der Waals surface area contributed by atoms with Crippen LogP contribution < -0.4 is 15.2 Å². The van der Waals surface area contributed by atoms with Crippen molar-refractivity contribution < 1.29 is 9.47 Å². The number of hydrogen-bond donors (Lipinski definition) is 1. The van der Waals surface area contributed by atoms with Crippen molar-refractivity contribution in [1.82, 2.24) is 5.43 Å². The van der Waals surface area contributed by atoms with Crippen LogP contribution in [0.1, 0.15) is 12.8 Å². The Hall–Kier alpha value is -1.26. The third-order valence-corrected chi connectivity index (χ3v) is 3.60. The van der Waals surface area contributed by atoms with Gasteiger partial charge in [-0.15, -0.1) is 0 Å². The summed E-state index contributed by atoms with van der Waals surface area (Å²) in [5.74, 6) is 0.968. The maximum atomic E-state index is 6.23. The van der Waals surface area contributed by atoms with Crippen molar-refractivity contribution in [3.63, 3.8) is 0 Å². The van der Waals surface area contributed by atoms with Gasteiger partial charge in [0.05, 0.1) is 25.4 Å². The summed E-state index contributed by atoms with van der Waals surface area (Å²) < 4.78 is 11.7. The number of hydrogen-bond acceptors (Lipinski definition) is 4. The van der Waals surface area contributed by atoms with Crippen LogP contribution in [0.3, 0.4) is 0 Å². The first-order chi connectivity index (χ1) is 8.33. The lowest BCUT2D eigenvalue weighted by atomic mass is 9.92. The highest BCUT2D eigenvalue weighted by molar-refractivity contribution is 5.59. The molecule has 0 aromatic heterocycles. The Balaban J connectivity index is 1.94. The van der Waals surface area contributed by atoms with Gasteiger partial charge in [0, 0.05) is 19.9 Å². The largest absolute Gasteiger partial charge is 0.483 e. The molecule has 0 saturated carbocycles. The summed E-state index contributed by atoms with van der Waals surface area (Å²) in [7, 11) is 1.95. The van der Waals surface area contributed by atoms with E-state index in [1.165, 1.54) is 0 Å². The normalized spacial score (nSPS) is 22.1. The molecule has 4 nitrogen and oxygen atoms in total. The van der Waals surface area contributed by atoms with Crippen LogP contribution in [0.25, 0.3) is 0 Å². The number of benzene rings is 1. The summed E-state index contributed by atoms with van der Waals surface area (Å²) >= 11 is 0. The molecule has 2 heterocycles. The second-order valence-corrected chi connectivity index (χ2v) is 4.67. The number of rotatable bonds is 1. The van der Waals surface area contributed by atoms with Gasteiger partial charge in [-0.1, -0.05) is 12.1 Å². The minimum absolute atomic E-state index is 0.0877. The lowest BCUT2D eigenvalue weighted by molar-refractivity contribution is -0.0467. The quantitative estimate of drug-likeness (QED) is 0.799. The molecule has 3 rings (SSSR count). The Labute approximate surface area is 101 Å². The van der Waals surface area contributed by atoms with Gasteiger partial charge in [0.2, 0.25) is 0 Å². The Morgan fingerprint density at radius 1 is 1.24 bits per heavy atom. The monoisotopic (exact) mass is 234 g/mol. The maximum absolute atomic E-state index is 6.23. The zero-order valence-electron chi connectivity index (χ0n) is 10.1. The number of hydrazine groups is 1. The second kappa shape index (κ2) is 4.20. The third kappa shape index (κ3) is 1.87. The van der Waals surface area contributed by atoms with Crippen LogP contribution in [0.2, 0.25) is 0 Å². The van der Waals surface area contributed by atoms with E-state index >= 15 is 0 Å². The lowest BCUT2D eigenvalue weighted by Gasteiger charge is -2.45. The minimum Gasteiger partial charge on any atom is -0.483 e. The molecule has 1 spiro atoms. The predicted molar refractivity (Wildman–Crippen MR) is 66.3 cm³/mol. The summed E-state index contributed by atoms with van der Waals surface area (Å²) in [5, 5.41) is 2.17. The molecule has 1 N–H and O–H groups in total. The van der Waals surface area contributed by atoms with Crippen LogP contribution in [-0.4, -0.2) is 32.4 Å². The fourth-order valence-corrected chi connectivity index (χ4v) is 2.61. The van der Waals surface area contributed by atoms with Crippen LogP contribution in [0.15, 0.2) is 24.3 Å². The Morgan fingerprint density at radius 3 is 2.76 bits per heavy atom. The van der Waals surface area contributed by atoms with E-state index in [9.17, 15) is 0 Å².